The molecule has 136 valence electrons. The van der Waals surface area contributed by atoms with Crippen molar-refractivity contribution < 1.29 is 28.2 Å². The van der Waals surface area contributed by atoms with Gasteiger partial charge in [-0.1, -0.05) is 12.1 Å². The highest BCUT2D eigenvalue weighted by molar-refractivity contribution is 5.83. The maximum atomic E-state index is 13.9. The fraction of sp³-hybridized carbons (Fsp3) is 0.556. The Bertz CT molecular complexity index is 660. The lowest BCUT2D eigenvalue weighted by Gasteiger charge is -2.25. The number of carbonyl (C=O) groups is 2. The van der Waals surface area contributed by atoms with Crippen LogP contribution in [0.15, 0.2) is 18.2 Å². The molecule has 0 spiro atoms. The zero-order chi connectivity index (χ0) is 18.0. The Balaban J connectivity index is 1.67. The van der Waals surface area contributed by atoms with Crippen molar-refractivity contribution in [2.24, 2.45) is 5.92 Å². The van der Waals surface area contributed by atoms with Crippen LogP contribution in [0.1, 0.15) is 37.2 Å². The van der Waals surface area contributed by atoms with Crippen LogP contribution in [0.4, 0.5) is 8.78 Å². The van der Waals surface area contributed by atoms with Gasteiger partial charge in [-0.2, -0.15) is 0 Å². The predicted octanol–water partition coefficient (Wildman–Crippen LogP) is 2.55. The standard InChI is InChI=1S/C18H21F2NO4/c19-15-5-1-4-12(17(15)20)13-9-14(13)18(24)21(7-6-16(22)23)10-11-3-2-8-25-11/h1,4-5,11,13-14H,2-3,6-10H2,(H,22,23)/t11-,13-,14-/m0/s1. The second-order valence-electron chi connectivity index (χ2n) is 6.65. The largest absolute Gasteiger partial charge is 0.481 e. The molecule has 1 amide bonds. The molecule has 1 saturated heterocycles. The zero-order valence-electron chi connectivity index (χ0n) is 13.8. The third kappa shape index (κ3) is 4.15. The number of benzene rings is 1. The van der Waals surface area contributed by atoms with Crippen molar-refractivity contribution in [2.45, 2.75) is 37.7 Å². The molecule has 0 radical (unpaired) electrons. The Morgan fingerprint density at radius 2 is 2.12 bits per heavy atom. The van der Waals surface area contributed by atoms with Gasteiger partial charge in [-0.15, -0.1) is 0 Å². The third-order valence-corrected chi connectivity index (χ3v) is 4.84. The van der Waals surface area contributed by atoms with Crippen LogP contribution < -0.4 is 0 Å². The highest BCUT2D eigenvalue weighted by Crippen LogP contribution is 2.49. The highest BCUT2D eigenvalue weighted by Gasteiger charge is 2.47. The predicted molar refractivity (Wildman–Crippen MR) is 85.0 cm³/mol. The molecule has 0 bridgehead atoms. The first-order valence-corrected chi connectivity index (χ1v) is 8.53. The molecule has 7 heteroatoms. The van der Waals surface area contributed by atoms with Gasteiger partial charge in [0.05, 0.1) is 12.5 Å². The van der Waals surface area contributed by atoms with E-state index in [1.54, 1.807) is 0 Å². The van der Waals surface area contributed by atoms with Crippen LogP contribution in [0.3, 0.4) is 0 Å². The highest BCUT2D eigenvalue weighted by atomic mass is 19.2. The first-order chi connectivity index (χ1) is 12.0. The summed E-state index contributed by atoms with van der Waals surface area (Å²) < 4.78 is 32.8. The van der Waals surface area contributed by atoms with Gasteiger partial charge in [0.2, 0.25) is 5.91 Å². The van der Waals surface area contributed by atoms with Gasteiger partial charge in [-0.3, -0.25) is 9.59 Å². The third-order valence-electron chi connectivity index (χ3n) is 4.84. The molecule has 1 heterocycles. The van der Waals surface area contributed by atoms with Crippen molar-refractivity contribution >= 4 is 11.9 Å². The van der Waals surface area contributed by atoms with E-state index in [1.165, 1.54) is 17.0 Å². The Labute approximate surface area is 144 Å². The van der Waals surface area contributed by atoms with E-state index < -0.39 is 23.5 Å². The second kappa shape index (κ2) is 7.47. The number of ether oxygens (including phenoxy) is 1. The molecule has 1 aliphatic heterocycles. The molecular weight excluding hydrogens is 332 g/mol. The molecule has 3 atom stereocenters. The number of carbonyl (C=O) groups excluding carboxylic acids is 1. The lowest BCUT2D eigenvalue weighted by atomic mass is 10.1. The lowest BCUT2D eigenvalue weighted by molar-refractivity contribution is -0.139. The molecule has 2 fully saturated rings. The summed E-state index contributed by atoms with van der Waals surface area (Å²) in [5.41, 5.74) is 0.216. The molecule has 25 heavy (non-hydrogen) atoms. The Morgan fingerprint density at radius 1 is 1.32 bits per heavy atom. The van der Waals surface area contributed by atoms with Gasteiger partial charge >= 0.3 is 5.97 Å². The minimum Gasteiger partial charge on any atom is -0.481 e. The minimum atomic E-state index is -0.978. The van der Waals surface area contributed by atoms with E-state index in [-0.39, 0.29) is 36.5 Å². The van der Waals surface area contributed by atoms with Crippen LogP contribution in [-0.2, 0) is 14.3 Å². The van der Waals surface area contributed by atoms with Crippen molar-refractivity contribution in [3.05, 3.63) is 35.4 Å². The van der Waals surface area contributed by atoms with E-state index in [0.717, 1.165) is 18.9 Å². The number of carboxylic acid groups (broad SMARTS) is 1. The van der Waals surface area contributed by atoms with Gasteiger partial charge in [0.15, 0.2) is 11.6 Å². The van der Waals surface area contributed by atoms with Gasteiger partial charge in [0, 0.05) is 25.6 Å². The summed E-state index contributed by atoms with van der Waals surface area (Å²) in [5, 5.41) is 8.90. The van der Waals surface area contributed by atoms with Crippen LogP contribution in [0.2, 0.25) is 0 Å². The lowest BCUT2D eigenvalue weighted by Crippen LogP contribution is -2.39. The average Bonchev–Trinajstić information content (AvgIpc) is 3.20. The first kappa shape index (κ1) is 17.8. The fourth-order valence-electron chi connectivity index (χ4n) is 3.41. The summed E-state index contributed by atoms with van der Waals surface area (Å²) in [6.45, 7) is 1.09. The topological polar surface area (TPSA) is 66.8 Å². The van der Waals surface area contributed by atoms with Gasteiger partial charge in [0.25, 0.3) is 0 Å². The number of hydrogen-bond acceptors (Lipinski definition) is 3. The van der Waals surface area contributed by atoms with E-state index in [1.807, 2.05) is 0 Å². The molecule has 1 aliphatic carbocycles. The Hall–Kier alpha value is -2.02. The van der Waals surface area contributed by atoms with Crippen molar-refractivity contribution in [3.8, 4) is 0 Å². The van der Waals surface area contributed by atoms with Crippen LogP contribution >= 0.6 is 0 Å². The monoisotopic (exact) mass is 353 g/mol. The van der Waals surface area contributed by atoms with Gasteiger partial charge in [0.1, 0.15) is 0 Å². The smallest absolute Gasteiger partial charge is 0.305 e. The molecule has 1 aromatic rings. The van der Waals surface area contributed by atoms with E-state index >= 15 is 0 Å². The van der Waals surface area contributed by atoms with Crippen LogP contribution in [0, 0.1) is 17.6 Å². The molecule has 5 nitrogen and oxygen atoms in total. The summed E-state index contributed by atoms with van der Waals surface area (Å²) in [4.78, 5) is 25.1. The average molecular weight is 353 g/mol. The molecule has 1 aromatic carbocycles. The number of carboxylic acids is 1. The molecule has 0 unspecified atom stereocenters. The quantitative estimate of drug-likeness (QED) is 0.818. The van der Waals surface area contributed by atoms with Crippen LogP contribution in [0.5, 0.6) is 0 Å². The SMILES string of the molecule is O=C(O)CCN(C[C@@H]1CCCO1)C(=O)[C@H]1C[C@H]1c1cccc(F)c1F. The second-order valence-corrected chi connectivity index (χ2v) is 6.65. The normalized spacial score (nSPS) is 25.0. The first-order valence-electron chi connectivity index (χ1n) is 8.53. The van der Waals surface area contributed by atoms with Crippen LogP contribution in [0.25, 0.3) is 0 Å². The number of aliphatic carboxylic acids is 1. The van der Waals surface area contributed by atoms with Crippen LogP contribution in [-0.4, -0.2) is 47.7 Å². The van der Waals surface area contributed by atoms with Crippen molar-refractivity contribution in [2.75, 3.05) is 19.7 Å². The minimum absolute atomic E-state index is 0.0825. The van der Waals surface area contributed by atoms with Crippen molar-refractivity contribution in [1.82, 2.24) is 4.90 Å². The molecular formula is C18H21F2NO4. The van der Waals surface area contributed by atoms with Gasteiger partial charge < -0.3 is 14.7 Å². The maximum Gasteiger partial charge on any atom is 0.305 e. The number of nitrogens with zero attached hydrogens (tertiary/aromatic N) is 1. The maximum absolute atomic E-state index is 13.9. The van der Waals surface area contributed by atoms with E-state index in [9.17, 15) is 18.4 Å². The van der Waals surface area contributed by atoms with Gasteiger partial charge in [-0.05, 0) is 36.8 Å². The van der Waals surface area contributed by atoms with E-state index in [0.29, 0.717) is 19.6 Å². The number of amides is 1. The summed E-state index contributed by atoms with van der Waals surface area (Å²) in [5.74, 6) is -3.78. The Morgan fingerprint density at radius 3 is 2.80 bits per heavy atom. The number of halogens is 2. The van der Waals surface area contributed by atoms with Gasteiger partial charge in [-0.25, -0.2) is 8.78 Å². The molecule has 1 saturated carbocycles. The molecule has 2 aliphatic rings. The summed E-state index contributed by atoms with van der Waals surface area (Å²) >= 11 is 0. The summed E-state index contributed by atoms with van der Waals surface area (Å²) in [6, 6.07) is 3.98. The molecule has 0 aromatic heterocycles. The number of hydrogen-bond donors (Lipinski definition) is 1. The zero-order valence-corrected chi connectivity index (χ0v) is 13.8. The fourth-order valence-corrected chi connectivity index (χ4v) is 3.41. The summed E-state index contributed by atoms with van der Waals surface area (Å²) in [7, 11) is 0. The molecule has 3 rings (SSSR count). The number of rotatable bonds is 7. The van der Waals surface area contributed by atoms with Crippen molar-refractivity contribution in [1.29, 1.82) is 0 Å². The molecule has 1 N–H and O–H groups in total. The van der Waals surface area contributed by atoms with E-state index in [4.69, 9.17) is 9.84 Å². The Kier molecular flexibility index (Phi) is 5.32. The summed E-state index contributed by atoms with van der Waals surface area (Å²) in [6.07, 6.45) is 1.98. The van der Waals surface area contributed by atoms with E-state index in [2.05, 4.69) is 0 Å². The van der Waals surface area contributed by atoms with Crippen molar-refractivity contribution in [3.63, 3.8) is 0 Å².